The van der Waals surface area contributed by atoms with Crippen LogP contribution in [0.15, 0.2) is 0 Å². The summed E-state index contributed by atoms with van der Waals surface area (Å²) >= 11 is 0. The molecular formula is C9H20LiN. The van der Waals surface area contributed by atoms with Crippen LogP contribution in [0, 0.1) is 6.92 Å². The van der Waals surface area contributed by atoms with Crippen molar-refractivity contribution in [3.63, 3.8) is 0 Å². The first-order chi connectivity index (χ1) is 4.81. The van der Waals surface area contributed by atoms with Crippen molar-refractivity contribution in [2.24, 2.45) is 0 Å². The Labute approximate surface area is 83.7 Å². The molecule has 0 aromatic rings. The molecule has 1 nitrogen and oxygen atoms in total. The molecule has 0 aromatic carbocycles. The maximum absolute atomic E-state index is 3.81. The molecule has 0 radical (unpaired) electrons. The predicted molar refractivity (Wildman–Crippen MR) is 47.0 cm³/mol. The molecule has 0 aliphatic rings. The Morgan fingerprint density at radius 3 is 2.27 bits per heavy atom. The zero-order valence-electron chi connectivity index (χ0n) is 8.40. The van der Waals surface area contributed by atoms with Gasteiger partial charge in [-0.15, -0.1) is 0 Å². The van der Waals surface area contributed by atoms with E-state index in [2.05, 4.69) is 25.8 Å². The second kappa shape index (κ2) is 10.6. The molecule has 0 rings (SSSR count). The second-order valence-corrected chi connectivity index (χ2v) is 2.81. The normalized spacial score (nSPS) is 9.82. The fourth-order valence-electron chi connectivity index (χ4n) is 0.893. The molecule has 0 aliphatic carbocycles. The first-order valence-electron chi connectivity index (χ1n) is 4.29. The Balaban J connectivity index is 0. The molecule has 0 saturated carbocycles. The van der Waals surface area contributed by atoms with E-state index in [-0.39, 0.29) is 18.9 Å². The van der Waals surface area contributed by atoms with E-state index >= 15 is 0 Å². The summed E-state index contributed by atoms with van der Waals surface area (Å²) < 4.78 is 0. The molecule has 11 heavy (non-hydrogen) atoms. The summed E-state index contributed by atoms with van der Waals surface area (Å²) in [7, 11) is 2.17. The van der Waals surface area contributed by atoms with Gasteiger partial charge in [-0.25, -0.2) is 0 Å². The molecule has 0 N–H and O–H groups in total. The van der Waals surface area contributed by atoms with Gasteiger partial charge in [0.25, 0.3) is 0 Å². The maximum Gasteiger partial charge on any atom is 1.00 e. The molecule has 0 spiro atoms. The number of hydrogen-bond acceptors (Lipinski definition) is 1. The molecule has 0 bridgehead atoms. The minimum Gasteiger partial charge on any atom is -0.343 e. The predicted octanol–water partition coefficient (Wildman–Crippen LogP) is -0.663. The van der Waals surface area contributed by atoms with Crippen LogP contribution in [0.3, 0.4) is 0 Å². The van der Waals surface area contributed by atoms with Crippen LogP contribution in [-0.2, 0) is 0 Å². The van der Waals surface area contributed by atoms with E-state index < -0.39 is 0 Å². The minimum atomic E-state index is 0. The van der Waals surface area contributed by atoms with Gasteiger partial charge in [0, 0.05) is 0 Å². The summed E-state index contributed by atoms with van der Waals surface area (Å²) in [6, 6.07) is 0. The standard InChI is InChI=1S/C9H20N.Li/c1-4-6-7-8-9-10(3)5-2;/h1,4-9H2,2-3H3;/q-1;+1. The van der Waals surface area contributed by atoms with Crippen molar-refractivity contribution in [3.8, 4) is 0 Å². The molecule has 0 unspecified atom stereocenters. The molecule has 0 heterocycles. The van der Waals surface area contributed by atoms with Crippen molar-refractivity contribution >= 4 is 0 Å². The van der Waals surface area contributed by atoms with Crippen LogP contribution < -0.4 is 18.9 Å². The number of rotatable bonds is 6. The third-order valence-corrected chi connectivity index (χ3v) is 1.83. The van der Waals surface area contributed by atoms with Gasteiger partial charge in [0.05, 0.1) is 0 Å². The van der Waals surface area contributed by atoms with Gasteiger partial charge in [0.15, 0.2) is 0 Å². The molecule has 0 saturated heterocycles. The summed E-state index contributed by atoms with van der Waals surface area (Å²) in [6.45, 7) is 8.42. The van der Waals surface area contributed by atoms with Crippen molar-refractivity contribution in [2.75, 3.05) is 20.1 Å². The Morgan fingerprint density at radius 2 is 1.82 bits per heavy atom. The molecule has 0 fully saturated rings. The monoisotopic (exact) mass is 149 g/mol. The zero-order chi connectivity index (χ0) is 7.82. The third kappa shape index (κ3) is 10.6. The second-order valence-electron chi connectivity index (χ2n) is 2.81. The summed E-state index contributed by atoms with van der Waals surface area (Å²) in [5.74, 6) is 0. The molecular weight excluding hydrogens is 129 g/mol. The van der Waals surface area contributed by atoms with E-state index in [0.717, 1.165) is 6.42 Å². The minimum absolute atomic E-state index is 0. The van der Waals surface area contributed by atoms with Crippen molar-refractivity contribution in [2.45, 2.75) is 32.6 Å². The topological polar surface area (TPSA) is 3.24 Å². The maximum atomic E-state index is 3.81. The van der Waals surface area contributed by atoms with Crippen molar-refractivity contribution in [1.29, 1.82) is 0 Å². The summed E-state index contributed by atoms with van der Waals surface area (Å²) in [4.78, 5) is 2.35. The van der Waals surface area contributed by atoms with Crippen molar-refractivity contribution in [3.05, 3.63) is 6.92 Å². The van der Waals surface area contributed by atoms with Crippen LogP contribution in [0.1, 0.15) is 32.6 Å². The van der Waals surface area contributed by atoms with Crippen molar-refractivity contribution in [1.82, 2.24) is 4.90 Å². The average molecular weight is 149 g/mol. The van der Waals surface area contributed by atoms with Crippen LogP contribution in [0.2, 0.25) is 0 Å². The first kappa shape index (κ1) is 14.1. The Bertz CT molecular complexity index is 66.6. The molecule has 0 aliphatic heterocycles. The largest absolute Gasteiger partial charge is 1.00 e. The summed E-state index contributed by atoms with van der Waals surface area (Å²) in [5.41, 5.74) is 0. The van der Waals surface area contributed by atoms with Crippen LogP contribution in [-0.4, -0.2) is 25.0 Å². The molecule has 0 amide bonds. The van der Waals surface area contributed by atoms with E-state index in [1.807, 2.05) is 0 Å². The van der Waals surface area contributed by atoms with E-state index in [1.165, 1.54) is 32.4 Å². The molecule has 62 valence electrons. The van der Waals surface area contributed by atoms with E-state index in [9.17, 15) is 0 Å². The fourth-order valence-corrected chi connectivity index (χ4v) is 0.893. The summed E-state index contributed by atoms with van der Waals surface area (Å²) in [6.07, 6.45) is 5.06. The van der Waals surface area contributed by atoms with Crippen LogP contribution in [0.4, 0.5) is 0 Å². The van der Waals surface area contributed by atoms with E-state index in [4.69, 9.17) is 0 Å². The quantitative estimate of drug-likeness (QED) is 0.275. The zero-order valence-corrected chi connectivity index (χ0v) is 8.40. The van der Waals surface area contributed by atoms with Gasteiger partial charge < -0.3 is 11.8 Å². The third-order valence-electron chi connectivity index (χ3n) is 1.83. The van der Waals surface area contributed by atoms with Crippen molar-refractivity contribution < 1.29 is 18.9 Å². The van der Waals surface area contributed by atoms with E-state index in [1.54, 1.807) is 0 Å². The summed E-state index contributed by atoms with van der Waals surface area (Å²) in [5, 5.41) is 0. The Kier molecular flexibility index (Phi) is 13.5. The van der Waals surface area contributed by atoms with Gasteiger partial charge in [-0.2, -0.15) is 6.42 Å². The van der Waals surface area contributed by atoms with Gasteiger partial charge in [0.2, 0.25) is 0 Å². The Morgan fingerprint density at radius 1 is 1.18 bits per heavy atom. The van der Waals surface area contributed by atoms with Gasteiger partial charge >= 0.3 is 18.9 Å². The first-order valence-corrected chi connectivity index (χ1v) is 4.29. The fraction of sp³-hybridized carbons (Fsp3) is 0.889. The number of unbranched alkanes of at least 4 members (excludes halogenated alkanes) is 3. The smallest absolute Gasteiger partial charge is 0.343 e. The number of hydrogen-bond donors (Lipinski definition) is 0. The number of nitrogens with zero attached hydrogens (tertiary/aromatic N) is 1. The van der Waals surface area contributed by atoms with E-state index in [0.29, 0.717) is 0 Å². The van der Waals surface area contributed by atoms with Gasteiger partial charge in [-0.3, -0.25) is 0 Å². The molecule has 0 aromatic heterocycles. The molecule has 0 atom stereocenters. The van der Waals surface area contributed by atoms with Crippen LogP contribution in [0.25, 0.3) is 0 Å². The van der Waals surface area contributed by atoms with Crippen LogP contribution >= 0.6 is 0 Å². The van der Waals surface area contributed by atoms with Crippen LogP contribution in [0.5, 0.6) is 0 Å². The molecule has 2 heteroatoms. The van der Waals surface area contributed by atoms with Gasteiger partial charge in [-0.05, 0) is 26.6 Å². The Hall–Kier alpha value is 0.557. The van der Waals surface area contributed by atoms with Gasteiger partial charge in [-0.1, -0.05) is 19.8 Å². The van der Waals surface area contributed by atoms with Gasteiger partial charge in [0.1, 0.15) is 0 Å². The average Bonchev–Trinajstić information content (AvgIpc) is 1.98. The SMILES string of the molecule is [CH2-]CCCCCN(C)CC.[Li+].